The Balaban J connectivity index is 2.11. The Morgan fingerprint density at radius 2 is 2.00 bits per heavy atom. The summed E-state index contributed by atoms with van der Waals surface area (Å²) in [4.78, 5) is 11.6. The number of hydrogen-bond acceptors (Lipinski definition) is 2. The van der Waals surface area contributed by atoms with E-state index in [0.29, 0.717) is 13.0 Å². The highest BCUT2D eigenvalue weighted by Gasteiger charge is 2.39. The second kappa shape index (κ2) is 4.66. The molecule has 3 N–H and O–H groups in total. The maximum absolute atomic E-state index is 11.6. The van der Waals surface area contributed by atoms with Gasteiger partial charge in [-0.25, -0.2) is 0 Å². The highest BCUT2D eigenvalue weighted by molar-refractivity contribution is 5.77. The summed E-state index contributed by atoms with van der Waals surface area (Å²) in [6, 6.07) is 10.2. The van der Waals surface area contributed by atoms with Crippen LogP contribution in [0.1, 0.15) is 31.2 Å². The van der Waals surface area contributed by atoms with Gasteiger partial charge in [-0.05, 0) is 24.8 Å². The number of carbonyl (C=O) groups excluding carboxylic acids is 1. The zero-order chi connectivity index (χ0) is 11.4. The van der Waals surface area contributed by atoms with Crippen molar-refractivity contribution in [1.82, 2.24) is 5.32 Å². The van der Waals surface area contributed by atoms with Gasteiger partial charge in [0.1, 0.15) is 0 Å². The number of hydrogen-bond donors (Lipinski definition) is 2. The molecule has 0 bridgehead atoms. The quantitative estimate of drug-likeness (QED) is 0.805. The third kappa shape index (κ3) is 2.09. The maximum Gasteiger partial charge on any atom is 0.221 e. The Morgan fingerprint density at radius 3 is 2.50 bits per heavy atom. The largest absolute Gasteiger partial charge is 0.347 e. The van der Waals surface area contributed by atoms with Crippen molar-refractivity contribution in [3.05, 3.63) is 35.9 Å². The van der Waals surface area contributed by atoms with Crippen LogP contribution in [0.3, 0.4) is 0 Å². The van der Waals surface area contributed by atoms with Crippen LogP contribution in [-0.4, -0.2) is 12.5 Å². The van der Waals surface area contributed by atoms with Gasteiger partial charge in [0.15, 0.2) is 0 Å². The number of nitrogens with one attached hydrogen (secondary N) is 1. The number of rotatable bonds is 4. The summed E-state index contributed by atoms with van der Waals surface area (Å²) in [6.45, 7) is 0.413. The van der Waals surface area contributed by atoms with Crippen LogP contribution >= 0.6 is 0 Å². The second-order valence-corrected chi connectivity index (χ2v) is 4.39. The highest BCUT2D eigenvalue weighted by Crippen LogP contribution is 2.41. The molecule has 1 amide bonds. The lowest BCUT2D eigenvalue weighted by atomic mass is 9.71. The smallest absolute Gasteiger partial charge is 0.221 e. The maximum atomic E-state index is 11.6. The minimum absolute atomic E-state index is 0.0612. The fraction of sp³-hybridized carbons (Fsp3) is 0.462. The van der Waals surface area contributed by atoms with E-state index in [1.54, 1.807) is 0 Å². The molecule has 16 heavy (non-hydrogen) atoms. The van der Waals surface area contributed by atoms with Gasteiger partial charge in [-0.3, -0.25) is 4.79 Å². The number of amides is 1. The van der Waals surface area contributed by atoms with Crippen LogP contribution in [0.15, 0.2) is 30.3 Å². The van der Waals surface area contributed by atoms with Crippen molar-refractivity contribution in [2.24, 2.45) is 5.73 Å². The summed E-state index contributed by atoms with van der Waals surface area (Å²) in [5.41, 5.74) is 6.48. The average Bonchev–Trinajstić information content (AvgIpc) is 2.25. The van der Waals surface area contributed by atoms with E-state index in [4.69, 9.17) is 5.73 Å². The average molecular weight is 218 g/mol. The predicted molar refractivity (Wildman–Crippen MR) is 63.8 cm³/mol. The predicted octanol–water partition coefficient (Wildman–Crippen LogP) is 1.53. The van der Waals surface area contributed by atoms with Gasteiger partial charge >= 0.3 is 0 Å². The van der Waals surface area contributed by atoms with Crippen LogP contribution in [0.5, 0.6) is 0 Å². The van der Waals surface area contributed by atoms with Crippen LogP contribution in [0.4, 0.5) is 0 Å². The molecule has 1 saturated carbocycles. The summed E-state index contributed by atoms with van der Waals surface area (Å²) in [5.74, 6) is 0.0612. The lowest BCUT2D eigenvalue weighted by molar-refractivity contribution is -0.124. The van der Waals surface area contributed by atoms with E-state index in [2.05, 4.69) is 17.4 Å². The van der Waals surface area contributed by atoms with Crippen LogP contribution in [-0.2, 0) is 10.3 Å². The van der Waals surface area contributed by atoms with Crippen LogP contribution in [0, 0.1) is 0 Å². The zero-order valence-electron chi connectivity index (χ0n) is 9.41. The normalized spacial score (nSPS) is 17.6. The van der Waals surface area contributed by atoms with E-state index in [0.717, 1.165) is 12.8 Å². The molecule has 1 fully saturated rings. The molecule has 0 unspecified atom stereocenters. The molecule has 0 radical (unpaired) electrons. The molecule has 0 aliphatic heterocycles. The van der Waals surface area contributed by atoms with Crippen molar-refractivity contribution in [2.75, 3.05) is 6.54 Å². The van der Waals surface area contributed by atoms with Gasteiger partial charge in [-0.1, -0.05) is 30.3 Å². The Kier molecular flexibility index (Phi) is 3.25. The van der Waals surface area contributed by atoms with Crippen LogP contribution < -0.4 is 11.1 Å². The molecule has 86 valence electrons. The molecule has 1 aromatic rings. The van der Waals surface area contributed by atoms with Gasteiger partial charge in [-0.15, -0.1) is 0 Å². The minimum Gasteiger partial charge on any atom is -0.347 e. The fourth-order valence-corrected chi connectivity index (χ4v) is 2.23. The highest BCUT2D eigenvalue weighted by atomic mass is 16.1. The van der Waals surface area contributed by atoms with Crippen molar-refractivity contribution in [3.63, 3.8) is 0 Å². The molecule has 1 aliphatic carbocycles. The Hall–Kier alpha value is -1.35. The lowest BCUT2D eigenvalue weighted by Gasteiger charge is -2.43. The van der Waals surface area contributed by atoms with Crippen LogP contribution in [0.2, 0.25) is 0 Å². The van der Waals surface area contributed by atoms with Crippen molar-refractivity contribution in [1.29, 1.82) is 0 Å². The Labute approximate surface area is 96.0 Å². The van der Waals surface area contributed by atoms with Crippen molar-refractivity contribution in [3.8, 4) is 0 Å². The third-order valence-corrected chi connectivity index (χ3v) is 3.28. The summed E-state index contributed by atoms with van der Waals surface area (Å²) in [7, 11) is 0. The van der Waals surface area contributed by atoms with Crippen molar-refractivity contribution < 1.29 is 4.79 Å². The van der Waals surface area contributed by atoms with Gasteiger partial charge in [0.05, 0.1) is 5.54 Å². The van der Waals surface area contributed by atoms with Gasteiger partial charge in [0.25, 0.3) is 0 Å². The first-order chi connectivity index (χ1) is 7.77. The van der Waals surface area contributed by atoms with Gasteiger partial charge in [-0.2, -0.15) is 0 Å². The second-order valence-electron chi connectivity index (χ2n) is 4.39. The van der Waals surface area contributed by atoms with Gasteiger partial charge < -0.3 is 11.1 Å². The number of carbonyl (C=O) groups is 1. The number of benzene rings is 1. The van der Waals surface area contributed by atoms with Gasteiger partial charge in [0, 0.05) is 13.0 Å². The first-order valence-electron chi connectivity index (χ1n) is 5.83. The molecular weight excluding hydrogens is 200 g/mol. The minimum atomic E-state index is -0.118. The Morgan fingerprint density at radius 1 is 1.31 bits per heavy atom. The third-order valence-electron chi connectivity index (χ3n) is 3.28. The molecule has 0 heterocycles. The Bertz CT molecular complexity index is 357. The standard InChI is InChI=1S/C13H18N2O/c14-10-7-12(16)15-13(8-4-9-13)11-5-2-1-3-6-11/h1-3,5-6H,4,7-10,14H2,(H,15,16). The van der Waals surface area contributed by atoms with E-state index in [-0.39, 0.29) is 11.4 Å². The first kappa shape index (κ1) is 11.1. The topological polar surface area (TPSA) is 55.1 Å². The lowest BCUT2D eigenvalue weighted by Crippen LogP contribution is -2.51. The molecule has 1 aliphatic rings. The zero-order valence-corrected chi connectivity index (χ0v) is 9.41. The van der Waals surface area contributed by atoms with Crippen LogP contribution in [0.25, 0.3) is 0 Å². The molecule has 3 nitrogen and oxygen atoms in total. The number of nitrogens with two attached hydrogens (primary N) is 1. The molecule has 0 aromatic heterocycles. The van der Waals surface area contributed by atoms with Gasteiger partial charge in [0.2, 0.25) is 5.91 Å². The summed E-state index contributed by atoms with van der Waals surface area (Å²) in [6.07, 6.45) is 3.66. The molecule has 0 saturated heterocycles. The van der Waals surface area contributed by atoms with E-state index in [1.807, 2.05) is 18.2 Å². The molecule has 2 rings (SSSR count). The summed E-state index contributed by atoms with van der Waals surface area (Å²) < 4.78 is 0. The SMILES string of the molecule is NCCC(=O)NC1(c2ccccc2)CCC1. The van der Waals surface area contributed by atoms with Crippen molar-refractivity contribution in [2.45, 2.75) is 31.2 Å². The van der Waals surface area contributed by atoms with Crippen molar-refractivity contribution >= 4 is 5.91 Å². The van der Waals surface area contributed by atoms with E-state index >= 15 is 0 Å². The fourth-order valence-electron chi connectivity index (χ4n) is 2.23. The molecule has 3 heteroatoms. The van der Waals surface area contributed by atoms with E-state index < -0.39 is 0 Å². The van der Waals surface area contributed by atoms with E-state index in [1.165, 1.54) is 12.0 Å². The van der Waals surface area contributed by atoms with E-state index in [9.17, 15) is 4.79 Å². The molecule has 0 atom stereocenters. The summed E-state index contributed by atoms with van der Waals surface area (Å²) >= 11 is 0. The molecule has 0 spiro atoms. The first-order valence-corrected chi connectivity index (χ1v) is 5.83. The summed E-state index contributed by atoms with van der Waals surface area (Å²) in [5, 5.41) is 3.13. The monoisotopic (exact) mass is 218 g/mol. The molecular formula is C13H18N2O. The molecule has 1 aromatic carbocycles.